The molecule has 1 saturated carbocycles. The van der Waals surface area contributed by atoms with E-state index in [1.807, 2.05) is 31.2 Å². The van der Waals surface area contributed by atoms with Gasteiger partial charge in [0, 0.05) is 36.1 Å². The van der Waals surface area contributed by atoms with Gasteiger partial charge in [-0.1, -0.05) is 25.4 Å². The Balaban J connectivity index is 0.00000243. The zero-order chi connectivity index (χ0) is 18.0. The first-order valence-electron chi connectivity index (χ1n) is 8.93. The second kappa shape index (κ2) is 8.97. The van der Waals surface area contributed by atoms with E-state index in [4.69, 9.17) is 21.1 Å². The number of rotatable bonds is 5. The van der Waals surface area contributed by atoms with Gasteiger partial charge in [-0.25, -0.2) is 0 Å². The molecule has 2 fully saturated rings. The Morgan fingerprint density at radius 1 is 1.38 bits per heavy atom. The molecule has 5 nitrogen and oxygen atoms in total. The largest absolute Gasteiger partial charge is 0.489 e. The zero-order valence-electron chi connectivity index (χ0n) is 15.8. The highest BCUT2D eigenvalue weighted by atomic mass is 127. The molecule has 26 heavy (non-hydrogen) atoms. The normalized spacial score (nSPS) is 27.6. The van der Waals surface area contributed by atoms with E-state index in [0.29, 0.717) is 29.6 Å². The number of benzene rings is 1. The first-order chi connectivity index (χ1) is 11.9. The molecule has 0 spiro atoms. The van der Waals surface area contributed by atoms with Gasteiger partial charge in [-0.3, -0.25) is 4.99 Å². The van der Waals surface area contributed by atoms with E-state index in [2.05, 4.69) is 29.5 Å². The van der Waals surface area contributed by atoms with Crippen LogP contribution in [0.5, 0.6) is 5.75 Å². The van der Waals surface area contributed by atoms with Crippen molar-refractivity contribution in [2.45, 2.75) is 45.4 Å². The average Bonchev–Trinajstić information content (AvgIpc) is 3.04. The van der Waals surface area contributed by atoms with Gasteiger partial charge < -0.3 is 20.1 Å². The SMILES string of the molecule is CN=C(NCC(C)Oc1ccc(Cl)cc1)NC1C2CCOC2C1(C)C.I. The summed E-state index contributed by atoms with van der Waals surface area (Å²) >= 11 is 5.90. The van der Waals surface area contributed by atoms with Crippen LogP contribution in [0.15, 0.2) is 29.3 Å². The molecule has 3 rings (SSSR count). The second-order valence-electron chi connectivity index (χ2n) is 7.52. The fraction of sp³-hybridized carbons (Fsp3) is 0.632. The van der Waals surface area contributed by atoms with Crippen molar-refractivity contribution in [2.75, 3.05) is 20.2 Å². The van der Waals surface area contributed by atoms with Gasteiger partial charge in [0.25, 0.3) is 0 Å². The number of nitrogens with zero attached hydrogens (tertiary/aromatic N) is 1. The van der Waals surface area contributed by atoms with Crippen LogP contribution in [0, 0.1) is 11.3 Å². The van der Waals surface area contributed by atoms with Crippen LogP contribution in [-0.4, -0.2) is 44.4 Å². The summed E-state index contributed by atoms with van der Waals surface area (Å²) < 4.78 is 11.8. The van der Waals surface area contributed by atoms with Gasteiger partial charge in [-0.05, 0) is 37.6 Å². The molecule has 146 valence electrons. The number of hydrogen-bond acceptors (Lipinski definition) is 3. The summed E-state index contributed by atoms with van der Waals surface area (Å²) in [6.07, 6.45) is 1.51. The maximum Gasteiger partial charge on any atom is 0.191 e. The van der Waals surface area contributed by atoms with Crippen LogP contribution in [0.25, 0.3) is 0 Å². The van der Waals surface area contributed by atoms with Crippen LogP contribution in [-0.2, 0) is 4.74 Å². The maximum atomic E-state index is 5.90. The van der Waals surface area contributed by atoms with Crippen molar-refractivity contribution >= 4 is 41.5 Å². The molecule has 1 aromatic rings. The van der Waals surface area contributed by atoms with E-state index in [1.54, 1.807) is 7.05 Å². The maximum absolute atomic E-state index is 5.90. The van der Waals surface area contributed by atoms with E-state index in [1.165, 1.54) is 0 Å². The van der Waals surface area contributed by atoms with Crippen LogP contribution in [0.2, 0.25) is 5.02 Å². The summed E-state index contributed by atoms with van der Waals surface area (Å²) in [6.45, 7) is 8.09. The lowest BCUT2D eigenvalue weighted by Crippen LogP contribution is -2.68. The zero-order valence-corrected chi connectivity index (χ0v) is 18.9. The van der Waals surface area contributed by atoms with Gasteiger partial charge in [0.05, 0.1) is 12.6 Å². The van der Waals surface area contributed by atoms with Gasteiger partial charge in [-0.15, -0.1) is 24.0 Å². The van der Waals surface area contributed by atoms with E-state index in [9.17, 15) is 0 Å². The summed E-state index contributed by atoms with van der Waals surface area (Å²) in [5.74, 6) is 2.21. The predicted octanol–water partition coefficient (Wildman–Crippen LogP) is 3.70. The molecule has 2 aliphatic rings. The number of halogens is 2. The van der Waals surface area contributed by atoms with Crippen LogP contribution in [0.1, 0.15) is 27.2 Å². The van der Waals surface area contributed by atoms with Gasteiger partial charge >= 0.3 is 0 Å². The highest BCUT2D eigenvalue weighted by Crippen LogP contribution is 2.52. The number of nitrogens with one attached hydrogen (secondary N) is 2. The minimum Gasteiger partial charge on any atom is -0.489 e. The van der Waals surface area contributed by atoms with Gasteiger partial charge in [0.15, 0.2) is 5.96 Å². The smallest absolute Gasteiger partial charge is 0.191 e. The summed E-state index contributed by atoms with van der Waals surface area (Å²) in [7, 11) is 1.80. The monoisotopic (exact) mass is 493 g/mol. The lowest BCUT2D eigenvalue weighted by atomic mass is 9.57. The average molecular weight is 494 g/mol. The molecule has 0 bridgehead atoms. The van der Waals surface area contributed by atoms with Crippen LogP contribution in [0.3, 0.4) is 0 Å². The van der Waals surface area contributed by atoms with Gasteiger partial charge in [-0.2, -0.15) is 0 Å². The van der Waals surface area contributed by atoms with Crippen molar-refractivity contribution in [1.82, 2.24) is 10.6 Å². The molecule has 0 radical (unpaired) electrons. The minimum atomic E-state index is 0. The fourth-order valence-corrected chi connectivity index (χ4v) is 4.11. The third kappa shape index (κ3) is 4.57. The van der Waals surface area contributed by atoms with Crippen LogP contribution in [0.4, 0.5) is 0 Å². The number of guanidine groups is 1. The first-order valence-corrected chi connectivity index (χ1v) is 9.30. The number of hydrogen-bond donors (Lipinski definition) is 2. The molecule has 2 N–H and O–H groups in total. The summed E-state index contributed by atoms with van der Waals surface area (Å²) in [5, 5.41) is 7.65. The van der Waals surface area contributed by atoms with E-state index < -0.39 is 0 Å². The number of fused-ring (bicyclic) bond motifs is 1. The van der Waals surface area contributed by atoms with Crippen molar-refractivity contribution < 1.29 is 9.47 Å². The van der Waals surface area contributed by atoms with Crippen LogP contribution < -0.4 is 15.4 Å². The minimum absolute atomic E-state index is 0. The molecular weight excluding hydrogens is 465 g/mol. The molecule has 1 saturated heterocycles. The Morgan fingerprint density at radius 3 is 2.73 bits per heavy atom. The highest BCUT2D eigenvalue weighted by molar-refractivity contribution is 14.0. The Hall–Kier alpha value is -0.730. The lowest BCUT2D eigenvalue weighted by molar-refractivity contribution is -0.106. The molecule has 4 atom stereocenters. The summed E-state index contributed by atoms with van der Waals surface area (Å²) in [5.41, 5.74) is 0.129. The summed E-state index contributed by atoms with van der Waals surface area (Å²) in [4.78, 5) is 4.36. The van der Waals surface area contributed by atoms with Gasteiger partial charge in [0.2, 0.25) is 0 Å². The molecule has 1 aliphatic heterocycles. The number of ether oxygens (including phenoxy) is 2. The van der Waals surface area contributed by atoms with Crippen molar-refractivity contribution in [3.8, 4) is 5.75 Å². The molecule has 4 unspecified atom stereocenters. The topological polar surface area (TPSA) is 54.9 Å². The van der Waals surface area contributed by atoms with Gasteiger partial charge in [0.1, 0.15) is 11.9 Å². The second-order valence-corrected chi connectivity index (χ2v) is 7.96. The predicted molar refractivity (Wildman–Crippen MR) is 117 cm³/mol. The molecule has 0 amide bonds. The van der Waals surface area contributed by atoms with Crippen molar-refractivity contribution in [1.29, 1.82) is 0 Å². The Morgan fingerprint density at radius 2 is 2.08 bits per heavy atom. The number of aliphatic imine (C=N–C) groups is 1. The standard InChI is InChI=1S/C19H28ClN3O2.HI/c1-12(25-14-7-5-13(20)6-8-14)11-22-18(21-4)23-16-15-9-10-24-17(15)19(16,2)3;/h5-8,12,15-17H,9-11H2,1-4H3,(H2,21,22,23);1H. The Kier molecular flexibility index (Phi) is 7.44. The molecule has 1 heterocycles. The molecule has 1 aliphatic carbocycles. The Labute approximate surface area is 178 Å². The van der Waals surface area contributed by atoms with E-state index >= 15 is 0 Å². The lowest BCUT2D eigenvalue weighted by Gasteiger charge is -2.54. The van der Waals surface area contributed by atoms with E-state index in [-0.39, 0.29) is 35.5 Å². The molecule has 0 aromatic heterocycles. The molecular formula is C19H29ClIN3O2. The van der Waals surface area contributed by atoms with Crippen molar-refractivity contribution in [3.05, 3.63) is 29.3 Å². The third-order valence-corrected chi connectivity index (χ3v) is 5.58. The van der Waals surface area contributed by atoms with Crippen LogP contribution >= 0.6 is 35.6 Å². The first kappa shape index (κ1) is 21.6. The van der Waals surface area contributed by atoms with Crippen molar-refractivity contribution in [3.63, 3.8) is 0 Å². The molecule has 1 aromatic carbocycles. The highest BCUT2D eigenvalue weighted by Gasteiger charge is 2.59. The molecule has 7 heteroatoms. The van der Waals surface area contributed by atoms with E-state index in [0.717, 1.165) is 24.7 Å². The van der Waals surface area contributed by atoms with Crippen molar-refractivity contribution in [2.24, 2.45) is 16.3 Å². The Bertz CT molecular complexity index is 624. The third-order valence-electron chi connectivity index (χ3n) is 5.32. The fourth-order valence-electron chi connectivity index (χ4n) is 3.99. The quantitative estimate of drug-likeness (QED) is 0.373. The summed E-state index contributed by atoms with van der Waals surface area (Å²) in [6, 6.07) is 7.80.